The molecule has 0 aromatic carbocycles. The van der Waals surface area contributed by atoms with Crippen LogP contribution in [0.25, 0.3) is 0 Å². The van der Waals surface area contributed by atoms with E-state index in [4.69, 9.17) is 0 Å². The van der Waals surface area contributed by atoms with E-state index in [0.29, 0.717) is 6.42 Å². The zero-order valence-electron chi connectivity index (χ0n) is 13.6. The van der Waals surface area contributed by atoms with E-state index < -0.39 is 0 Å². The minimum absolute atomic E-state index is 0.209. The first kappa shape index (κ1) is 19.1. The Morgan fingerprint density at radius 1 is 1.25 bits per heavy atom. The van der Waals surface area contributed by atoms with Gasteiger partial charge in [0, 0.05) is 13.5 Å². The second-order valence-corrected chi connectivity index (χ2v) is 5.49. The summed E-state index contributed by atoms with van der Waals surface area (Å²) in [6, 6.07) is 0. The van der Waals surface area contributed by atoms with Gasteiger partial charge in [-0.1, -0.05) is 6.08 Å². The van der Waals surface area contributed by atoms with Crippen LogP contribution in [0.15, 0.2) is 12.7 Å². The molecule has 118 valence electrons. The van der Waals surface area contributed by atoms with Crippen LogP contribution in [-0.4, -0.2) is 66.8 Å². The molecule has 0 aliphatic carbocycles. The van der Waals surface area contributed by atoms with Gasteiger partial charge in [-0.25, -0.2) is 0 Å². The molecule has 0 heterocycles. The van der Waals surface area contributed by atoms with Crippen LogP contribution in [0.5, 0.6) is 0 Å². The second kappa shape index (κ2) is 10.9. The molecule has 0 spiro atoms. The molecule has 0 fully saturated rings. The van der Waals surface area contributed by atoms with Crippen molar-refractivity contribution in [2.75, 3.05) is 46.4 Å². The number of aliphatic hydroxyl groups is 1. The molecule has 0 atom stereocenters. The topological polar surface area (TPSA) is 40.5 Å². The number of amides is 1. The lowest BCUT2D eigenvalue weighted by atomic mass is 10.2. The summed E-state index contributed by atoms with van der Waals surface area (Å²) in [5, 5.41) is 9.20. The largest absolute Gasteiger partial charge is 0.391 e. The highest BCUT2D eigenvalue weighted by atomic mass is 16.3. The van der Waals surface area contributed by atoms with Crippen molar-refractivity contribution in [3.63, 3.8) is 0 Å². The summed E-state index contributed by atoms with van der Waals surface area (Å²) in [6.07, 6.45) is 5.49. The van der Waals surface area contributed by atoms with Gasteiger partial charge in [-0.2, -0.15) is 0 Å². The Morgan fingerprint density at radius 2 is 1.90 bits per heavy atom. The van der Waals surface area contributed by atoms with Crippen LogP contribution >= 0.6 is 0 Å². The number of allylic oxidation sites excluding steroid dienone is 1. The number of unbranched alkanes of at least 4 members (excludes halogenated alkanes) is 2. The van der Waals surface area contributed by atoms with E-state index >= 15 is 0 Å². The van der Waals surface area contributed by atoms with Gasteiger partial charge in [-0.15, -0.1) is 6.58 Å². The van der Waals surface area contributed by atoms with Crippen LogP contribution in [0.3, 0.4) is 0 Å². The Labute approximate surface area is 124 Å². The Morgan fingerprint density at radius 3 is 2.40 bits per heavy atom. The number of nitrogens with zero attached hydrogens (tertiary/aromatic N) is 2. The van der Waals surface area contributed by atoms with Gasteiger partial charge in [0.15, 0.2) is 0 Å². The van der Waals surface area contributed by atoms with E-state index in [-0.39, 0.29) is 12.5 Å². The average Bonchev–Trinajstić information content (AvgIpc) is 2.47. The molecule has 4 nitrogen and oxygen atoms in total. The highest BCUT2D eigenvalue weighted by Crippen LogP contribution is 2.07. The number of rotatable bonds is 12. The van der Waals surface area contributed by atoms with Crippen molar-refractivity contribution in [1.29, 1.82) is 0 Å². The third kappa shape index (κ3) is 7.06. The maximum atomic E-state index is 12.0. The lowest BCUT2D eigenvalue weighted by molar-refractivity contribution is -0.924. The van der Waals surface area contributed by atoms with Crippen LogP contribution in [0.1, 0.15) is 39.5 Å². The highest BCUT2D eigenvalue weighted by Gasteiger charge is 2.23. The molecule has 0 aliphatic heterocycles. The normalized spacial score (nSPS) is 11.4. The minimum Gasteiger partial charge on any atom is -0.391 e. The summed E-state index contributed by atoms with van der Waals surface area (Å²) in [6.45, 7) is 12.6. The smallest absolute Gasteiger partial charge is 0.222 e. The number of likely N-dealkylation sites (N-methyl/N-ethyl adjacent to an activating group) is 2. The SMILES string of the molecule is C=CCCCCC(=O)N(C)CC[N+](CC)(CC)CCO. The fraction of sp³-hybridized carbons (Fsp3) is 0.812. The fourth-order valence-electron chi connectivity index (χ4n) is 2.42. The molecule has 0 aromatic rings. The molecule has 0 aromatic heterocycles. The molecule has 0 aliphatic rings. The third-order valence-electron chi connectivity index (χ3n) is 4.30. The van der Waals surface area contributed by atoms with Gasteiger partial charge in [0.25, 0.3) is 0 Å². The molecule has 20 heavy (non-hydrogen) atoms. The number of quaternary nitrogens is 1. The molecule has 0 bridgehead atoms. The first-order valence-electron chi connectivity index (χ1n) is 7.86. The van der Waals surface area contributed by atoms with Crippen molar-refractivity contribution in [3.05, 3.63) is 12.7 Å². The van der Waals surface area contributed by atoms with E-state index in [9.17, 15) is 9.90 Å². The number of hydrogen-bond acceptors (Lipinski definition) is 2. The van der Waals surface area contributed by atoms with Crippen molar-refractivity contribution in [3.8, 4) is 0 Å². The van der Waals surface area contributed by atoms with Gasteiger partial charge < -0.3 is 14.5 Å². The Bertz CT molecular complexity index is 276. The Balaban J connectivity index is 4.13. The van der Waals surface area contributed by atoms with E-state index in [1.807, 2.05) is 18.0 Å². The van der Waals surface area contributed by atoms with E-state index in [2.05, 4.69) is 20.4 Å². The Kier molecular flexibility index (Phi) is 10.4. The van der Waals surface area contributed by atoms with E-state index in [1.54, 1.807) is 0 Å². The second-order valence-electron chi connectivity index (χ2n) is 5.49. The van der Waals surface area contributed by atoms with Crippen molar-refractivity contribution in [2.45, 2.75) is 39.5 Å². The summed E-state index contributed by atoms with van der Waals surface area (Å²) < 4.78 is 0.880. The molecule has 0 unspecified atom stereocenters. The lowest BCUT2D eigenvalue weighted by Crippen LogP contribution is -2.53. The van der Waals surface area contributed by atoms with Crippen LogP contribution in [0.2, 0.25) is 0 Å². The maximum absolute atomic E-state index is 12.0. The van der Waals surface area contributed by atoms with Gasteiger partial charge in [0.05, 0.1) is 32.8 Å². The van der Waals surface area contributed by atoms with Gasteiger partial charge in [-0.3, -0.25) is 4.79 Å². The molecule has 1 N–H and O–H groups in total. The van der Waals surface area contributed by atoms with Crippen molar-refractivity contribution >= 4 is 5.91 Å². The lowest BCUT2D eigenvalue weighted by Gasteiger charge is -2.37. The predicted octanol–water partition coefficient (Wildman–Crippen LogP) is 2.04. The summed E-state index contributed by atoms with van der Waals surface area (Å²) in [4.78, 5) is 13.8. The average molecular weight is 285 g/mol. The van der Waals surface area contributed by atoms with Crippen molar-refractivity contribution < 1.29 is 14.4 Å². The van der Waals surface area contributed by atoms with Crippen LogP contribution < -0.4 is 0 Å². The standard InChI is InChI=1S/C16H33N2O2/c1-5-8-9-10-11-16(20)17(4)12-13-18(6-2,7-3)14-15-19/h5,19H,1,6-15H2,2-4H3/q+1. The first-order chi connectivity index (χ1) is 9.55. The molecule has 0 radical (unpaired) electrons. The van der Waals surface area contributed by atoms with Crippen LogP contribution in [0.4, 0.5) is 0 Å². The van der Waals surface area contributed by atoms with Crippen LogP contribution in [0, 0.1) is 0 Å². The van der Waals surface area contributed by atoms with Gasteiger partial charge in [0.1, 0.15) is 6.54 Å². The zero-order valence-corrected chi connectivity index (χ0v) is 13.6. The van der Waals surface area contributed by atoms with E-state index in [1.165, 1.54) is 0 Å². The quantitative estimate of drug-likeness (QED) is 0.339. The van der Waals surface area contributed by atoms with Gasteiger partial charge in [-0.05, 0) is 33.1 Å². The molecular weight excluding hydrogens is 252 g/mol. The van der Waals surface area contributed by atoms with Crippen LogP contribution in [-0.2, 0) is 4.79 Å². The summed E-state index contributed by atoms with van der Waals surface area (Å²) >= 11 is 0. The minimum atomic E-state index is 0.209. The number of carbonyl (C=O) groups excluding carboxylic acids is 1. The van der Waals surface area contributed by atoms with Crippen molar-refractivity contribution in [1.82, 2.24) is 4.90 Å². The molecule has 0 rings (SSSR count). The summed E-state index contributed by atoms with van der Waals surface area (Å²) in [5.74, 6) is 0.225. The third-order valence-corrected chi connectivity index (χ3v) is 4.30. The fourth-order valence-corrected chi connectivity index (χ4v) is 2.42. The van der Waals surface area contributed by atoms with Gasteiger partial charge in [0.2, 0.25) is 5.91 Å². The molecule has 0 saturated carbocycles. The maximum Gasteiger partial charge on any atom is 0.222 e. The summed E-state index contributed by atoms with van der Waals surface area (Å²) in [7, 11) is 1.88. The zero-order chi connectivity index (χ0) is 15.4. The molecular formula is C16H33N2O2+. The summed E-state index contributed by atoms with van der Waals surface area (Å²) in [5.41, 5.74) is 0. The molecule has 0 saturated heterocycles. The monoisotopic (exact) mass is 285 g/mol. The first-order valence-corrected chi connectivity index (χ1v) is 7.86. The predicted molar refractivity (Wildman–Crippen MR) is 84.5 cm³/mol. The highest BCUT2D eigenvalue weighted by molar-refractivity contribution is 5.75. The number of aliphatic hydroxyl groups excluding tert-OH is 1. The Hall–Kier alpha value is -0.870. The van der Waals surface area contributed by atoms with E-state index in [0.717, 1.165) is 56.5 Å². The number of carbonyl (C=O) groups is 1. The molecule has 1 amide bonds. The van der Waals surface area contributed by atoms with Crippen molar-refractivity contribution in [2.24, 2.45) is 0 Å². The molecule has 4 heteroatoms. The number of hydrogen-bond donors (Lipinski definition) is 1. The van der Waals surface area contributed by atoms with Gasteiger partial charge >= 0.3 is 0 Å².